The molecule has 3 N–H and O–H groups in total. The fourth-order valence-electron chi connectivity index (χ4n) is 3.29. The summed E-state index contributed by atoms with van der Waals surface area (Å²) in [6.45, 7) is 3.92. The van der Waals surface area contributed by atoms with E-state index >= 15 is 0 Å². The third-order valence-corrected chi connectivity index (χ3v) is 6.12. The minimum Gasteiger partial charge on any atom is -0.495 e. The maximum atomic E-state index is 13.3. The van der Waals surface area contributed by atoms with Crippen LogP contribution in [0.4, 0.5) is 17.3 Å². The monoisotopic (exact) mass is 473 g/mol. The van der Waals surface area contributed by atoms with Crippen molar-refractivity contribution >= 4 is 38.3 Å². The van der Waals surface area contributed by atoms with Gasteiger partial charge in [0.15, 0.2) is 22.1 Å². The summed E-state index contributed by atoms with van der Waals surface area (Å²) in [7, 11) is -1.25. The van der Waals surface area contributed by atoms with Gasteiger partial charge in [0, 0.05) is 17.8 Å². The number of hydrogen-bond donors (Lipinski definition) is 3. The first-order chi connectivity index (χ1) is 15.9. The van der Waals surface area contributed by atoms with Crippen molar-refractivity contribution < 1.29 is 27.2 Å². The molecule has 0 aliphatic heterocycles. The zero-order valence-corrected chi connectivity index (χ0v) is 19.2. The zero-order valence-electron chi connectivity index (χ0n) is 18.4. The molecule has 11 nitrogen and oxygen atoms in total. The molecule has 12 heteroatoms. The van der Waals surface area contributed by atoms with Crippen LogP contribution in [0.15, 0.2) is 45.8 Å². The number of aromatic amines is 1. The number of anilines is 3. The number of aromatic nitrogens is 3. The topological polar surface area (TPSA) is 141 Å². The van der Waals surface area contributed by atoms with Gasteiger partial charge < -0.3 is 24.1 Å². The third-order valence-electron chi connectivity index (χ3n) is 4.72. The van der Waals surface area contributed by atoms with E-state index in [2.05, 4.69) is 25.4 Å². The Balaban J connectivity index is 1.73. The number of nitrogens with zero attached hydrogens (tertiary/aromatic N) is 2. The van der Waals surface area contributed by atoms with Crippen LogP contribution in [0.25, 0.3) is 11.0 Å². The predicted octanol–water partition coefficient (Wildman–Crippen LogP) is 3.82. The van der Waals surface area contributed by atoms with Crippen molar-refractivity contribution in [3.63, 3.8) is 0 Å². The number of rotatable bonds is 9. The van der Waals surface area contributed by atoms with Crippen LogP contribution in [0.5, 0.6) is 17.2 Å². The highest BCUT2D eigenvalue weighted by Crippen LogP contribution is 2.38. The average Bonchev–Trinajstić information content (AvgIpc) is 3.38. The number of methoxy groups -OCH3 is 2. The van der Waals surface area contributed by atoms with Crippen molar-refractivity contribution in [1.82, 2.24) is 15.4 Å². The van der Waals surface area contributed by atoms with Crippen molar-refractivity contribution in [3.05, 3.63) is 42.1 Å². The molecule has 0 fully saturated rings. The van der Waals surface area contributed by atoms with Gasteiger partial charge in [-0.3, -0.25) is 9.82 Å². The van der Waals surface area contributed by atoms with Crippen molar-refractivity contribution in [2.24, 2.45) is 0 Å². The van der Waals surface area contributed by atoms with Gasteiger partial charge in [0.25, 0.3) is 10.0 Å². The Bertz CT molecular complexity index is 1400. The van der Waals surface area contributed by atoms with E-state index in [0.29, 0.717) is 28.2 Å². The van der Waals surface area contributed by atoms with Crippen LogP contribution in [0.1, 0.15) is 12.6 Å². The number of nitrogens with one attached hydrogen (secondary N) is 3. The Morgan fingerprint density at radius 2 is 1.85 bits per heavy atom. The van der Waals surface area contributed by atoms with Gasteiger partial charge in [-0.2, -0.15) is 5.10 Å². The summed E-state index contributed by atoms with van der Waals surface area (Å²) in [5.41, 5.74) is 1.80. The fraction of sp³-hybridized carbons (Fsp3) is 0.238. The highest BCUT2D eigenvalue weighted by Gasteiger charge is 2.27. The second-order valence-electron chi connectivity index (χ2n) is 6.97. The molecule has 0 saturated carbocycles. The van der Waals surface area contributed by atoms with Gasteiger partial charge in [-0.05, 0) is 32.0 Å². The first-order valence-corrected chi connectivity index (χ1v) is 11.4. The van der Waals surface area contributed by atoms with Crippen LogP contribution in [0.3, 0.4) is 0 Å². The fourth-order valence-corrected chi connectivity index (χ4v) is 4.61. The molecule has 0 saturated heterocycles. The van der Waals surface area contributed by atoms with Gasteiger partial charge in [-0.15, -0.1) is 0 Å². The first-order valence-electron chi connectivity index (χ1n) is 9.95. The van der Waals surface area contributed by atoms with Crippen molar-refractivity contribution in [2.75, 3.05) is 30.9 Å². The molecule has 0 aliphatic rings. The number of benzene rings is 2. The van der Waals surface area contributed by atoms with E-state index in [-0.39, 0.29) is 28.8 Å². The average molecular weight is 474 g/mol. The van der Waals surface area contributed by atoms with E-state index in [4.69, 9.17) is 18.7 Å². The standard InChI is InChI=1S/C21H23N5O6S/c1-5-31-16-8-6-7-15(29-3)20(16)33(27,28)26-21-13-10-18(30-4)14(11-17(13)32-25-21)22-19-9-12(2)23-24-19/h6-11H,5H2,1-4H3,(H,25,26)(H2,22,23,24). The number of fused-ring (bicyclic) bond motifs is 1. The van der Waals surface area contributed by atoms with Crippen molar-refractivity contribution in [1.29, 1.82) is 0 Å². The van der Waals surface area contributed by atoms with E-state index in [0.717, 1.165) is 5.69 Å². The maximum absolute atomic E-state index is 13.3. The normalized spacial score (nSPS) is 11.4. The molecule has 0 radical (unpaired) electrons. The first kappa shape index (κ1) is 22.3. The largest absolute Gasteiger partial charge is 0.495 e. The number of H-pyrrole nitrogens is 1. The molecule has 4 aromatic rings. The van der Waals surface area contributed by atoms with Crippen LogP contribution in [-0.4, -0.2) is 44.6 Å². The molecule has 2 aromatic carbocycles. The van der Waals surface area contributed by atoms with E-state index < -0.39 is 10.0 Å². The second kappa shape index (κ2) is 8.90. The SMILES string of the molecule is CCOc1cccc(OC)c1S(=O)(=O)Nc1noc2cc(Nc3cc(C)[nH]n3)c(OC)cc12. The lowest BCUT2D eigenvalue weighted by atomic mass is 10.2. The lowest BCUT2D eigenvalue weighted by molar-refractivity contribution is 0.323. The number of ether oxygens (including phenoxy) is 3. The molecule has 2 heterocycles. The molecule has 33 heavy (non-hydrogen) atoms. The van der Waals surface area contributed by atoms with Crippen LogP contribution in [-0.2, 0) is 10.0 Å². The van der Waals surface area contributed by atoms with E-state index in [1.165, 1.54) is 20.3 Å². The maximum Gasteiger partial charge on any atom is 0.270 e. The second-order valence-corrected chi connectivity index (χ2v) is 8.59. The Kier molecular flexibility index (Phi) is 6.01. The van der Waals surface area contributed by atoms with Gasteiger partial charge in [-0.1, -0.05) is 11.2 Å². The van der Waals surface area contributed by atoms with E-state index in [9.17, 15) is 8.42 Å². The lowest BCUT2D eigenvalue weighted by Crippen LogP contribution is -2.16. The third kappa shape index (κ3) is 4.37. The molecular weight excluding hydrogens is 450 g/mol. The molecule has 0 aliphatic carbocycles. The van der Waals surface area contributed by atoms with Gasteiger partial charge in [0.05, 0.1) is 31.9 Å². The minimum absolute atomic E-state index is 0.00109. The highest BCUT2D eigenvalue weighted by atomic mass is 32.2. The Morgan fingerprint density at radius 1 is 1.09 bits per heavy atom. The van der Waals surface area contributed by atoms with Crippen LogP contribution >= 0.6 is 0 Å². The Labute approximate surface area is 190 Å². The van der Waals surface area contributed by atoms with Crippen LogP contribution in [0, 0.1) is 6.92 Å². The summed E-state index contributed by atoms with van der Waals surface area (Å²) < 4.78 is 50.6. The van der Waals surface area contributed by atoms with Gasteiger partial charge in [0.1, 0.15) is 17.2 Å². The smallest absolute Gasteiger partial charge is 0.270 e. The van der Waals surface area contributed by atoms with Crippen molar-refractivity contribution in [2.45, 2.75) is 18.7 Å². The molecule has 0 bridgehead atoms. The molecule has 0 unspecified atom stereocenters. The minimum atomic E-state index is -4.14. The molecular formula is C21H23N5O6S. The van der Waals surface area contributed by atoms with E-state index in [1.54, 1.807) is 31.2 Å². The highest BCUT2D eigenvalue weighted by molar-refractivity contribution is 7.93. The summed E-state index contributed by atoms with van der Waals surface area (Å²) >= 11 is 0. The molecule has 2 aromatic heterocycles. The Hall–Kier alpha value is -3.93. The summed E-state index contributed by atoms with van der Waals surface area (Å²) in [5.74, 6) is 1.33. The summed E-state index contributed by atoms with van der Waals surface area (Å²) in [6.07, 6.45) is 0. The van der Waals surface area contributed by atoms with Crippen LogP contribution < -0.4 is 24.2 Å². The lowest BCUT2D eigenvalue weighted by Gasteiger charge is -2.14. The number of sulfonamides is 1. The predicted molar refractivity (Wildman–Crippen MR) is 122 cm³/mol. The molecule has 174 valence electrons. The summed E-state index contributed by atoms with van der Waals surface area (Å²) in [4.78, 5) is -0.135. The van der Waals surface area contributed by atoms with Crippen LogP contribution in [0.2, 0.25) is 0 Å². The summed E-state index contributed by atoms with van der Waals surface area (Å²) in [5, 5.41) is 14.4. The molecule has 0 atom stereocenters. The molecule has 0 spiro atoms. The molecule has 0 amide bonds. The van der Waals surface area contributed by atoms with Gasteiger partial charge >= 0.3 is 0 Å². The van der Waals surface area contributed by atoms with Crippen molar-refractivity contribution in [3.8, 4) is 17.2 Å². The molecule has 4 rings (SSSR count). The quantitative estimate of drug-likeness (QED) is 0.331. The number of aryl methyl sites for hydroxylation is 1. The summed E-state index contributed by atoms with van der Waals surface area (Å²) in [6, 6.07) is 9.84. The number of hydrogen-bond acceptors (Lipinski definition) is 9. The zero-order chi connectivity index (χ0) is 23.6. The van der Waals surface area contributed by atoms with E-state index in [1.807, 2.05) is 13.0 Å². The van der Waals surface area contributed by atoms with Gasteiger partial charge in [0.2, 0.25) is 0 Å². The Morgan fingerprint density at radius 3 is 2.52 bits per heavy atom. The van der Waals surface area contributed by atoms with Gasteiger partial charge in [-0.25, -0.2) is 8.42 Å².